The Morgan fingerprint density at radius 1 is 0.967 bits per heavy atom. The maximum atomic E-state index is 5.18. The zero-order valence-electron chi connectivity index (χ0n) is 17.4. The average molecular weight is 399 g/mol. The van der Waals surface area contributed by atoms with Crippen molar-refractivity contribution in [1.29, 1.82) is 0 Å². The van der Waals surface area contributed by atoms with Gasteiger partial charge in [0.25, 0.3) is 0 Å². The molecular weight excluding hydrogens is 374 g/mol. The summed E-state index contributed by atoms with van der Waals surface area (Å²) in [6, 6.07) is 11.0. The van der Waals surface area contributed by atoms with Crippen LogP contribution in [0, 0.1) is 19.3 Å². The minimum Gasteiger partial charge on any atom is -0.364 e. The first-order valence-corrected chi connectivity index (χ1v) is 10.7. The molecule has 6 heteroatoms. The molecule has 3 aromatic heterocycles. The third kappa shape index (κ3) is 2.59. The van der Waals surface area contributed by atoms with Crippen LogP contribution in [0.5, 0.6) is 0 Å². The molecule has 0 bridgehead atoms. The van der Waals surface area contributed by atoms with Gasteiger partial charge in [-0.2, -0.15) is 5.10 Å². The summed E-state index contributed by atoms with van der Waals surface area (Å²) in [7, 11) is 0. The van der Waals surface area contributed by atoms with Gasteiger partial charge >= 0.3 is 0 Å². The summed E-state index contributed by atoms with van der Waals surface area (Å²) in [6.45, 7) is 6.07. The minimum atomic E-state index is 0.422. The third-order valence-corrected chi connectivity index (χ3v) is 7.08. The molecule has 0 atom stereocenters. The number of piperidine rings is 1. The topological polar surface area (TPSA) is 59.5 Å². The monoisotopic (exact) mass is 399 g/mol. The van der Waals surface area contributed by atoms with Gasteiger partial charge in [-0.25, -0.2) is 9.50 Å². The largest absolute Gasteiger partial charge is 0.364 e. The number of anilines is 1. The highest BCUT2D eigenvalue weighted by Crippen LogP contribution is 2.45. The normalized spacial score (nSPS) is 17.7. The minimum absolute atomic E-state index is 0.422. The summed E-state index contributed by atoms with van der Waals surface area (Å²) in [6.07, 6.45) is 8.38. The van der Waals surface area contributed by atoms with E-state index in [4.69, 9.17) is 9.51 Å². The SMILES string of the molecule is Cc1nocc1-c1c(C)nc(N2CCC3(CC2)Cc2ccccc2C3)c2ccnn12. The lowest BCUT2D eigenvalue weighted by molar-refractivity contribution is 0.232. The standard InChI is InChI=1S/C24H25N5O/c1-16-20(15-30-27-16)22-17(2)26-23(21-7-10-25-29(21)22)28-11-8-24(9-12-28)13-18-5-3-4-6-19(18)14-24/h3-7,10,15H,8-9,11-14H2,1-2H3. The molecule has 4 aromatic rings. The predicted octanol–water partition coefficient (Wildman–Crippen LogP) is 4.39. The summed E-state index contributed by atoms with van der Waals surface area (Å²) in [5.41, 5.74) is 8.26. The summed E-state index contributed by atoms with van der Waals surface area (Å²) in [5.74, 6) is 1.04. The van der Waals surface area contributed by atoms with Crippen molar-refractivity contribution in [3.63, 3.8) is 0 Å². The lowest BCUT2D eigenvalue weighted by Gasteiger charge is -2.40. The Morgan fingerprint density at radius 3 is 2.37 bits per heavy atom. The van der Waals surface area contributed by atoms with E-state index in [2.05, 4.69) is 45.5 Å². The van der Waals surface area contributed by atoms with Crippen LogP contribution < -0.4 is 4.90 Å². The number of aryl methyl sites for hydroxylation is 2. The van der Waals surface area contributed by atoms with Crippen LogP contribution >= 0.6 is 0 Å². The molecule has 1 aromatic carbocycles. The van der Waals surface area contributed by atoms with E-state index < -0.39 is 0 Å². The molecule has 6 nitrogen and oxygen atoms in total. The quantitative estimate of drug-likeness (QED) is 0.500. The highest BCUT2D eigenvalue weighted by molar-refractivity contribution is 5.76. The first-order valence-electron chi connectivity index (χ1n) is 10.7. The van der Waals surface area contributed by atoms with Crippen molar-refractivity contribution < 1.29 is 4.52 Å². The maximum Gasteiger partial charge on any atom is 0.155 e. The van der Waals surface area contributed by atoms with Gasteiger partial charge in [0.15, 0.2) is 5.82 Å². The molecule has 4 heterocycles. The Hall–Kier alpha value is -3.15. The van der Waals surface area contributed by atoms with Gasteiger partial charge in [0.05, 0.1) is 28.8 Å². The van der Waals surface area contributed by atoms with Crippen LogP contribution in [0.15, 0.2) is 47.3 Å². The Bertz CT molecular complexity index is 1220. The zero-order valence-corrected chi connectivity index (χ0v) is 17.4. The molecule has 1 spiro atoms. The zero-order chi connectivity index (χ0) is 20.3. The van der Waals surface area contributed by atoms with Crippen molar-refractivity contribution in [3.8, 4) is 11.3 Å². The molecule has 30 heavy (non-hydrogen) atoms. The van der Waals surface area contributed by atoms with Crippen LogP contribution in [-0.4, -0.2) is 32.8 Å². The lowest BCUT2D eigenvalue weighted by atomic mass is 9.76. The molecule has 1 saturated heterocycles. The molecule has 2 aliphatic rings. The van der Waals surface area contributed by atoms with Gasteiger partial charge in [0, 0.05) is 13.1 Å². The highest BCUT2D eigenvalue weighted by Gasteiger charge is 2.40. The van der Waals surface area contributed by atoms with Crippen LogP contribution in [0.1, 0.15) is 35.4 Å². The van der Waals surface area contributed by atoms with Gasteiger partial charge in [0.2, 0.25) is 0 Å². The molecule has 0 radical (unpaired) electrons. The second kappa shape index (κ2) is 6.42. The number of fused-ring (bicyclic) bond motifs is 2. The fraction of sp³-hybridized carbons (Fsp3) is 0.375. The summed E-state index contributed by atoms with van der Waals surface area (Å²) >= 11 is 0. The fourth-order valence-electron chi connectivity index (χ4n) is 5.45. The number of hydrogen-bond donors (Lipinski definition) is 0. The van der Waals surface area contributed by atoms with E-state index in [0.717, 1.165) is 47.1 Å². The molecule has 0 N–H and O–H groups in total. The van der Waals surface area contributed by atoms with E-state index in [-0.39, 0.29) is 0 Å². The van der Waals surface area contributed by atoms with E-state index in [1.165, 1.54) is 25.7 Å². The molecule has 0 saturated carbocycles. The van der Waals surface area contributed by atoms with Crippen LogP contribution in [0.4, 0.5) is 5.82 Å². The van der Waals surface area contributed by atoms with Gasteiger partial charge in [0.1, 0.15) is 11.8 Å². The number of aromatic nitrogens is 4. The van der Waals surface area contributed by atoms with E-state index in [0.29, 0.717) is 5.41 Å². The Morgan fingerprint density at radius 2 is 1.70 bits per heavy atom. The molecule has 152 valence electrons. The van der Waals surface area contributed by atoms with E-state index >= 15 is 0 Å². The molecule has 0 unspecified atom stereocenters. The van der Waals surface area contributed by atoms with Crippen LogP contribution in [0.25, 0.3) is 16.8 Å². The first-order chi connectivity index (χ1) is 14.6. The second-order valence-electron chi connectivity index (χ2n) is 8.92. The van der Waals surface area contributed by atoms with Gasteiger partial charge in [-0.05, 0) is 62.1 Å². The number of hydrogen-bond acceptors (Lipinski definition) is 5. The second-order valence-corrected chi connectivity index (χ2v) is 8.92. The average Bonchev–Trinajstić information content (AvgIpc) is 3.47. The first kappa shape index (κ1) is 17.7. The summed E-state index contributed by atoms with van der Waals surface area (Å²) in [5, 5.41) is 8.65. The van der Waals surface area contributed by atoms with E-state index in [1.54, 1.807) is 17.4 Å². The molecule has 6 rings (SSSR count). The predicted molar refractivity (Wildman–Crippen MR) is 116 cm³/mol. The van der Waals surface area contributed by atoms with Crippen LogP contribution in [-0.2, 0) is 12.8 Å². The van der Waals surface area contributed by atoms with E-state index in [9.17, 15) is 0 Å². The maximum absolute atomic E-state index is 5.18. The van der Waals surface area contributed by atoms with Crippen molar-refractivity contribution in [2.75, 3.05) is 18.0 Å². The van der Waals surface area contributed by atoms with Gasteiger partial charge in [-0.15, -0.1) is 0 Å². The van der Waals surface area contributed by atoms with Crippen molar-refractivity contribution in [2.45, 2.75) is 39.5 Å². The highest BCUT2D eigenvalue weighted by atomic mass is 16.5. The van der Waals surface area contributed by atoms with Gasteiger partial charge in [-0.1, -0.05) is 29.4 Å². The van der Waals surface area contributed by atoms with Gasteiger partial charge < -0.3 is 9.42 Å². The number of nitrogens with zero attached hydrogens (tertiary/aromatic N) is 5. The Labute approximate surface area is 175 Å². The van der Waals surface area contributed by atoms with Crippen molar-refractivity contribution in [2.24, 2.45) is 5.41 Å². The Balaban J connectivity index is 1.32. The fourth-order valence-corrected chi connectivity index (χ4v) is 5.45. The molecule has 0 amide bonds. The third-order valence-electron chi connectivity index (χ3n) is 7.08. The lowest BCUT2D eigenvalue weighted by Crippen LogP contribution is -2.41. The number of rotatable bonds is 2. The van der Waals surface area contributed by atoms with Crippen LogP contribution in [0.2, 0.25) is 0 Å². The summed E-state index contributed by atoms with van der Waals surface area (Å²) < 4.78 is 7.17. The molecule has 1 aliphatic carbocycles. The van der Waals surface area contributed by atoms with E-state index in [1.807, 2.05) is 24.6 Å². The van der Waals surface area contributed by atoms with Crippen molar-refractivity contribution >= 4 is 11.3 Å². The molecule has 1 fully saturated rings. The molecular formula is C24H25N5O. The van der Waals surface area contributed by atoms with Crippen molar-refractivity contribution in [3.05, 3.63) is 65.3 Å². The number of benzene rings is 1. The smallest absolute Gasteiger partial charge is 0.155 e. The Kier molecular flexibility index (Phi) is 3.79. The van der Waals surface area contributed by atoms with Gasteiger partial charge in [-0.3, -0.25) is 0 Å². The summed E-state index contributed by atoms with van der Waals surface area (Å²) in [4.78, 5) is 7.49. The van der Waals surface area contributed by atoms with Crippen molar-refractivity contribution in [1.82, 2.24) is 19.8 Å². The molecule has 1 aliphatic heterocycles. The van der Waals surface area contributed by atoms with Crippen LogP contribution in [0.3, 0.4) is 0 Å².